The van der Waals surface area contributed by atoms with E-state index in [2.05, 4.69) is 5.32 Å². The summed E-state index contributed by atoms with van der Waals surface area (Å²) in [6, 6.07) is 0.0322. The van der Waals surface area contributed by atoms with Gasteiger partial charge in [0, 0.05) is 12.6 Å². The molecular formula is C11H23NO3. The van der Waals surface area contributed by atoms with Gasteiger partial charge in [0.05, 0.1) is 18.3 Å². The zero-order valence-corrected chi connectivity index (χ0v) is 10.3. The van der Waals surface area contributed by atoms with Crippen molar-refractivity contribution >= 4 is 0 Å². The monoisotopic (exact) mass is 217 g/mol. The van der Waals surface area contributed by atoms with Gasteiger partial charge in [-0.3, -0.25) is 0 Å². The summed E-state index contributed by atoms with van der Waals surface area (Å²) in [6.07, 6.45) is 0.0739. The molecule has 0 aromatic heterocycles. The summed E-state index contributed by atoms with van der Waals surface area (Å²) in [5.74, 6) is -0.468. The molecule has 1 heterocycles. The topological polar surface area (TPSA) is 50.7 Å². The Balaban J connectivity index is 2.27. The first kappa shape index (κ1) is 12.9. The molecular weight excluding hydrogens is 194 g/mol. The van der Waals surface area contributed by atoms with Gasteiger partial charge in [0.1, 0.15) is 0 Å². The lowest BCUT2D eigenvalue weighted by molar-refractivity contribution is -0.138. The van der Waals surface area contributed by atoms with Gasteiger partial charge in [-0.2, -0.15) is 0 Å². The maximum absolute atomic E-state index is 9.73. The van der Waals surface area contributed by atoms with Crippen molar-refractivity contribution in [3.63, 3.8) is 0 Å². The van der Waals surface area contributed by atoms with Gasteiger partial charge in [0.15, 0.2) is 5.79 Å². The van der Waals surface area contributed by atoms with Crippen molar-refractivity contribution in [2.24, 2.45) is 0 Å². The molecule has 4 heteroatoms. The Labute approximate surface area is 92.0 Å². The molecule has 0 amide bonds. The largest absolute Gasteiger partial charge is 0.389 e. The highest BCUT2D eigenvalue weighted by Crippen LogP contribution is 2.22. The van der Waals surface area contributed by atoms with Crippen LogP contribution in [0.15, 0.2) is 0 Å². The van der Waals surface area contributed by atoms with E-state index in [4.69, 9.17) is 9.47 Å². The average molecular weight is 217 g/mol. The summed E-state index contributed by atoms with van der Waals surface area (Å²) in [6.45, 7) is 10.7. The maximum atomic E-state index is 9.73. The summed E-state index contributed by atoms with van der Waals surface area (Å²) >= 11 is 0. The summed E-state index contributed by atoms with van der Waals surface area (Å²) in [7, 11) is 0. The predicted molar refractivity (Wildman–Crippen MR) is 58.7 cm³/mol. The van der Waals surface area contributed by atoms with Gasteiger partial charge in [-0.25, -0.2) is 0 Å². The van der Waals surface area contributed by atoms with E-state index in [1.165, 1.54) is 0 Å². The molecule has 0 aromatic carbocycles. The second-order valence-electron chi connectivity index (χ2n) is 5.23. The molecule has 1 fully saturated rings. The number of hydrogen-bond donors (Lipinski definition) is 2. The summed E-state index contributed by atoms with van der Waals surface area (Å²) < 4.78 is 11.1. The molecule has 2 unspecified atom stereocenters. The molecule has 1 saturated heterocycles. The van der Waals surface area contributed by atoms with E-state index in [-0.39, 0.29) is 12.1 Å². The van der Waals surface area contributed by atoms with Crippen molar-refractivity contribution in [2.45, 2.75) is 58.2 Å². The van der Waals surface area contributed by atoms with E-state index in [0.29, 0.717) is 13.2 Å². The molecule has 15 heavy (non-hydrogen) atoms. The number of hydrogen-bond acceptors (Lipinski definition) is 4. The van der Waals surface area contributed by atoms with Gasteiger partial charge < -0.3 is 19.9 Å². The fraction of sp³-hybridized carbons (Fsp3) is 1.00. The third kappa shape index (κ3) is 4.07. The number of nitrogens with one attached hydrogen (secondary N) is 1. The van der Waals surface area contributed by atoms with Gasteiger partial charge in [-0.1, -0.05) is 0 Å². The Morgan fingerprint density at radius 3 is 2.53 bits per heavy atom. The smallest absolute Gasteiger partial charge is 0.163 e. The third-order valence-electron chi connectivity index (χ3n) is 2.78. The van der Waals surface area contributed by atoms with Crippen LogP contribution in [0.2, 0.25) is 0 Å². The highest BCUT2D eigenvalue weighted by atomic mass is 16.7. The molecule has 1 aliphatic rings. The van der Waals surface area contributed by atoms with Crippen LogP contribution in [-0.2, 0) is 9.47 Å². The summed E-state index contributed by atoms with van der Waals surface area (Å²) in [5, 5.41) is 13.0. The Morgan fingerprint density at radius 1 is 1.53 bits per heavy atom. The fourth-order valence-corrected chi connectivity index (χ4v) is 1.42. The molecule has 4 nitrogen and oxygen atoms in total. The van der Waals surface area contributed by atoms with Gasteiger partial charge >= 0.3 is 0 Å². The number of rotatable bonds is 4. The molecule has 0 radical (unpaired) electrons. The highest BCUT2D eigenvalue weighted by Gasteiger charge is 2.33. The van der Waals surface area contributed by atoms with Crippen LogP contribution < -0.4 is 5.32 Å². The van der Waals surface area contributed by atoms with Crippen molar-refractivity contribution in [3.05, 3.63) is 0 Å². The van der Waals surface area contributed by atoms with Crippen molar-refractivity contribution in [2.75, 3.05) is 13.2 Å². The molecule has 0 aliphatic carbocycles. The first-order valence-corrected chi connectivity index (χ1v) is 5.48. The Morgan fingerprint density at radius 2 is 2.13 bits per heavy atom. The van der Waals surface area contributed by atoms with E-state index < -0.39 is 11.4 Å². The minimum absolute atomic E-state index is 0.0322. The Kier molecular flexibility index (Phi) is 3.76. The second-order valence-corrected chi connectivity index (χ2v) is 5.23. The van der Waals surface area contributed by atoms with Crippen molar-refractivity contribution in [3.8, 4) is 0 Å². The molecule has 1 rings (SSSR count). The minimum atomic E-state index is -0.713. The van der Waals surface area contributed by atoms with Crippen LogP contribution in [0, 0.1) is 0 Å². The zero-order chi connectivity index (χ0) is 11.7. The molecule has 90 valence electrons. The SMILES string of the molecule is CC(NCC1COC(C)(C)O1)C(C)(C)O. The lowest BCUT2D eigenvalue weighted by atomic mass is 10.0. The first-order valence-electron chi connectivity index (χ1n) is 5.48. The highest BCUT2D eigenvalue weighted by molar-refractivity contribution is 4.82. The summed E-state index contributed by atoms with van der Waals surface area (Å²) in [4.78, 5) is 0. The maximum Gasteiger partial charge on any atom is 0.163 e. The fourth-order valence-electron chi connectivity index (χ4n) is 1.42. The molecule has 0 bridgehead atoms. The Bertz CT molecular complexity index is 210. The first-order chi connectivity index (χ1) is 6.71. The summed E-state index contributed by atoms with van der Waals surface area (Å²) in [5.41, 5.74) is -0.713. The van der Waals surface area contributed by atoms with Crippen LogP contribution in [0.1, 0.15) is 34.6 Å². The standard InChI is InChI=1S/C11H23NO3/c1-8(10(2,3)13)12-6-9-7-14-11(4,5)15-9/h8-9,12-13H,6-7H2,1-5H3. The van der Waals surface area contributed by atoms with Gasteiger partial charge in [0.25, 0.3) is 0 Å². The second kappa shape index (κ2) is 4.37. The lowest BCUT2D eigenvalue weighted by Crippen LogP contribution is -2.47. The van der Waals surface area contributed by atoms with E-state index in [1.54, 1.807) is 13.8 Å². The van der Waals surface area contributed by atoms with E-state index >= 15 is 0 Å². The average Bonchev–Trinajstić information content (AvgIpc) is 2.39. The van der Waals surface area contributed by atoms with Crippen LogP contribution in [0.4, 0.5) is 0 Å². The van der Waals surface area contributed by atoms with E-state index in [1.807, 2.05) is 20.8 Å². The van der Waals surface area contributed by atoms with Gasteiger partial charge in [0.2, 0.25) is 0 Å². The van der Waals surface area contributed by atoms with E-state index in [0.717, 1.165) is 0 Å². The van der Waals surface area contributed by atoms with Gasteiger partial charge in [-0.05, 0) is 34.6 Å². The number of aliphatic hydroxyl groups is 1. The third-order valence-corrected chi connectivity index (χ3v) is 2.78. The van der Waals surface area contributed by atoms with E-state index in [9.17, 15) is 5.11 Å². The van der Waals surface area contributed by atoms with Crippen LogP contribution in [-0.4, -0.2) is 41.8 Å². The van der Waals surface area contributed by atoms with Gasteiger partial charge in [-0.15, -0.1) is 0 Å². The quantitative estimate of drug-likeness (QED) is 0.734. The van der Waals surface area contributed by atoms with Crippen molar-refractivity contribution in [1.29, 1.82) is 0 Å². The van der Waals surface area contributed by atoms with Crippen LogP contribution in [0.3, 0.4) is 0 Å². The molecule has 1 aliphatic heterocycles. The minimum Gasteiger partial charge on any atom is -0.389 e. The lowest BCUT2D eigenvalue weighted by Gasteiger charge is -2.28. The predicted octanol–water partition coefficient (Wildman–Crippen LogP) is 0.887. The van der Waals surface area contributed by atoms with Crippen LogP contribution >= 0.6 is 0 Å². The number of ether oxygens (including phenoxy) is 2. The van der Waals surface area contributed by atoms with Crippen molar-refractivity contribution in [1.82, 2.24) is 5.32 Å². The Hall–Kier alpha value is -0.160. The van der Waals surface area contributed by atoms with Crippen LogP contribution in [0.5, 0.6) is 0 Å². The molecule has 2 atom stereocenters. The van der Waals surface area contributed by atoms with Crippen LogP contribution in [0.25, 0.3) is 0 Å². The molecule has 2 N–H and O–H groups in total. The molecule has 0 spiro atoms. The zero-order valence-electron chi connectivity index (χ0n) is 10.3. The normalized spacial score (nSPS) is 28.0. The molecule has 0 aromatic rings. The molecule has 0 saturated carbocycles. The van der Waals surface area contributed by atoms with Crippen molar-refractivity contribution < 1.29 is 14.6 Å².